The van der Waals surface area contributed by atoms with Crippen LogP contribution in [0.15, 0.2) is 29.3 Å². The number of benzene rings is 1. The minimum atomic E-state index is -0.249. The fraction of sp³-hybridized carbons (Fsp3) is 0.211. The van der Waals surface area contributed by atoms with E-state index in [1.54, 1.807) is 11.0 Å². The molecule has 1 aliphatic rings. The quantitative estimate of drug-likeness (QED) is 0.645. The van der Waals surface area contributed by atoms with Gasteiger partial charge in [-0.05, 0) is 36.1 Å². The van der Waals surface area contributed by atoms with Crippen molar-refractivity contribution in [1.29, 1.82) is 10.5 Å². The first-order chi connectivity index (χ1) is 12.5. The molecule has 6 nitrogen and oxygen atoms in total. The van der Waals surface area contributed by atoms with Gasteiger partial charge in [0.15, 0.2) is 5.76 Å². The van der Waals surface area contributed by atoms with Gasteiger partial charge in [-0.2, -0.15) is 10.5 Å². The molecule has 0 bridgehead atoms. The molecule has 1 aliphatic heterocycles. The van der Waals surface area contributed by atoms with Crippen LogP contribution in [-0.4, -0.2) is 28.9 Å². The third-order valence-corrected chi connectivity index (χ3v) is 5.02. The van der Waals surface area contributed by atoms with Crippen LogP contribution in [0, 0.1) is 29.6 Å². The molecule has 0 atom stereocenters. The number of hydrogen-bond acceptors (Lipinski definition) is 7. The zero-order chi connectivity index (χ0) is 18.7. The maximum absolute atomic E-state index is 12.6. The minimum absolute atomic E-state index is 0.0295. The lowest BCUT2D eigenvalue weighted by Crippen LogP contribution is -2.24. The van der Waals surface area contributed by atoms with Crippen molar-refractivity contribution in [3.8, 4) is 23.6 Å². The number of phenolic OH excluding ortho intramolecular Hbond substituents is 1. The van der Waals surface area contributed by atoms with E-state index in [1.165, 1.54) is 23.5 Å². The van der Waals surface area contributed by atoms with Crippen molar-refractivity contribution in [3.05, 3.63) is 50.9 Å². The molecule has 0 saturated heterocycles. The summed E-state index contributed by atoms with van der Waals surface area (Å²) in [5.74, 6) is 0.202. The van der Waals surface area contributed by atoms with Gasteiger partial charge >= 0.3 is 0 Å². The van der Waals surface area contributed by atoms with Crippen LogP contribution >= 0.6 is 11.3 Å². The van der Waals surface area contributed by atoms with Crippen LogP contribution in [0.5, 0.6) is 11.5 Å². The Morgan fingerprint density at radius 3 is 2.62 bits per heavy atom. The van der Waals surface area contributed by atoms with Gasteiger partial charge in [0, 0.05) is 17.5 Å². The van der Waals surface area contributed by atoms with Gasteiger partial charge in [0.25, 0.3) is 0 Å². The molecule has 0 radical (unpaired) electrons. The standard InChI is InChI=1S/C19H15N3O3S/c1-12-4-9-26-17(12)10-16-18(24)13-2-3-15(23)14(19(13)25-16)11-22(7-5-20)8-6-21/h2-4,9-10,23H,7-8,11H2,1H3/b16-10-. The number of hydrogen-bond donors (Lipinski definition) is 1. The molecule has 2 heterocycles. The van der Waals surface area contributed by atoms with E-state index in [-0.39, 0.29) is 42.7 Å². The molecule has 0 spiro atoms. The Labute approximate surface area is 154 Å². The van der Waals surface area contributed by atoms with E-state index in [0.29, 0.717) is 11.1 Å². The number of aromatic hydroxyl groups is 1. The molecule has 26 heavy (non-hydrogen) atoms. The topological polar surface area (TPSA) is 97.3 Å². The maximum atomic E-state index is 12.6. The Morgan fingerprint density at radius 2 is 2.00 bits per heavy atom. The number of fused-ring (bicyclic) bond motifs is 1. The van der Waals surface area contributed by atoms with Crippen LogP contribution in [0.4, 0.5) is 0 Å². The van der Waals surface area contributed by atoms with Crippen molar-refractivity contribution in [2.24, 2.45) is 0 Å². The number of aryl methyl sites for hydroxylation is 1. The fourth-order valence-corrected chi connectivity index (χ4v) is 3.54. The first kappa shape index (κ1) is 17.7. The number of nitrogens with zero attached hydrogens (tertiary/aromatic N) is 3. The zero-order valence-electron chi connectivity index (χ0n) is 14.0. The molecule has 0 unspecified atom stereocenters. The molecule has 1 aromatic carbocycles. The van der Waals surface area contributed by atoms with E-state index < -0.39 is 0 Å². The van der Waals surface area contributed by atoms with Crippen molar-refractivity contribution >= 4 is 23.2 Å². The van der Waals surface area contributed by atoms with Gasteiger partial charge in [0.05, 0.1) is 36.4 Å². The van der Waals surface area contributed by atoms with Crippen molar-refractivity contribution < 1.29 is 14.6 Å². The number of rotatable bonds is 5. The maximum Gasteiger partial charge on any atom is 0.232 e. The zero-order valence-corrected chi connectivity index (χ0v) is 14.8. The van der Waals surface area contributed by atoms with Gasteiger partial charge in [0.1, 0.15) is 11.5 Å². The van der Waals surface area contributed by atoms with Crippen LogP contribution in [0.1, 0.15) is 26.4 Å². The van der Waals surface area contributed by atoms with Crippen molar-refractivity contribution in [3.63, 3.8) is 0 Å². The highest BCUT2D eigenvalue weighted by Gasteiger charge is 2.31. The number of allylic oxidation sites excluding steroid dienone is 1. The van der Waals surface area contributed by atoms with Gasteiger partial charge in [0.2, 0.25) is 5.78 Å². The number of phenols is 1. The average Bonchev–Trinajstić information content (AvgIpc) is 3.15. The Morgan fingerprint density at radius 1 is 1.27 bits per heavy atom. The van der Waals surface area contributed by atoms with E-state index in [4.69, 9.17) is 15.3 Å². The predicted octanol–water partition coefficient (Wildman–Crippen LogP) is 3.23. The summed E-state index contributed by atoms with van der Waals surface area (Å²) in [4.78, 5) is 15.1. The molecule has 2 aromatic rings. The number of carbonyl (C=O) groups is 1. The lowest BCUT2D eigenvalue weighted by Gasteiger charge is -2.17. The van der Waals surface area contributed by atoms with Crippen molar-refractivity contribution in [2.75, 3.05) is 13.1 Å². The number of carbonyl (C=O) groups excluding carboxylic acids is 1. The minimum Gasteiger partial charge on any atom is -0.507 e. The van der Waals surface area contributed by atoms with E-state index in [1.807, 2.05) is 30.5 Å². The Hall–Kier alpha value is -3.13. The molecular weight excluding hydrogens is 350 g/mol. The van der Waals surface area contributed by atoms with Crippen LogP contribution in [0.2, 0.25) is 0 Å². The van der Waals surface area contributed by atoms with Crippen molar-refractivity contribution in [1.82, 2.24) is 4.90 Å². The molecule has 0 saturated carbocycles. The smallest absolute Gasteiger partial charge is 0.232 e. The number of Topliss-reactive ketones (excluding diaryl/α,β-unsaturated/α-hetero) is 1. The third-order valence-electron chi connectivity index (χ3n) is 4.05. The van der Waals surface area contributed by atoms with E-state index in [9.17, 15) is 9.90 Å². The second-order valence-corrected chi connectivity index (χ2v) is 6.76. The van der Waals surface area contributed by atoms with Crippen LogP contribution < -0.4 is 4.74 Å². The van der Waals surface area contributed by atoms with Gasteiger partial charge in [-0.3, -0.25) is 9.69 Å². The molecule has 1 N–H and O–H groups in total. The summed E-state index contributed by atoms with van der Waals surface area (Å²) in [6.07, 6.45) is 1.70. The van der Waals surface area contributed by atoms with Gasteiger partial charge in [-0.25, -0.2) is 0 Å². The number of ether oxygens (including phenoxy) is 1. The Bertz CT molecular complexity index is 963. The molecular formula is C19H15N3O3S. The largest absolute Gasteiger partial charge is 0.507 e. The highest BCUT2D eigenvalue weighted by Crippen LogP contribution is 2.40. The monoisotopic (exact) mass is 365 g/mol. The number of ketones is 1. The van der Waals surface area contributed by atoms with Gasteiger partial charge in [-0.1, -0.05) is 0 Å². The fourth-order valence-electron chi connectivity index (χ4n) is 2.69. The first-order valence-corrected chi connectivity index (χ1v) is 8.72. The molecule has 130 valence electrons. The lowest BCUT2D eigenvalue weighted by molar-refractivity contribution is 0.101. The summed E-state index contributed by atoms with van der Waals surface area (Å²) < 4.78 is 5.78. The summed E-state index contributed by atoms with van der Waals surface area (Å²) in [7, 11) is 0. The van der Waals surface area contributed by atoms with Gasteiger partial charge in [-0.15, -0.1) is 11.3 Å². The highest BCUT2D eigenvalue weighted by molar-refractivity contribution is 7.11. The van der Waals surface area contributed by atoms with Crippen LogP contribution in [0.25, 0.3) is 6.08 Å². The molecule has 0 aliphatic carbocycles. The van der Waals surface area contributed by atoms with E-state index >= 15 is 0 Å². The summed E-state index contributed by atoms with van der Waals surface area (Å²) in [6.45, 7) is 2.15. The van der Waals surface area contributed by atoms with E-state index in [0.717, 1.165) is 10.4 Å². The Balaban J connectivity index is 1.97. The first-order valence-electron chi connectivity index (χ1n) is 7.84. The average molecular weight is 365 g/mol. The summed E-state index contributed by atoms with van der Waals surface area (Å²) in [5, 5.41) is 30.0. The third kappa shape index (κ3) is 3.31. The number of nitriles is 2. The van der Waals surface area contributed by atoms with E-state index in [2.05, 4.69) is 0 Å². The molecule has 3 rings (SSSR count). The van der Waals surface area contributed by atoms with Crippen LogP contribution in [-0.2, 0) is 6.54 Å². The van der Waals surface area contributed by atoms with Gasteiger partial charge < -0.3 is 9.84 Å². The second kappa shape index (κ2) is 7.40. The molecule has 7 heteroatoms. The van der Waals surface area contributed by atoms with Crippen LogP contribution in [0.3, 0.4) is 0 Å². The summed E-state index contributed by atoms with van der Waals surface area (Å²) in [5.41, 5.74) is 1.81. The normalized spacial score (nSPS) is 14.2. The molecule has 0 fully saturated rings. The summed E-state index contributed by atoms with van der Waals surface area (Å²) >= 11 is 1.51. The SMILES string of the molecule is Cc1ccsc1/C=C1\Oc2c(ccc(O)c2CN(CC#N)CC#N)C1=O. The Kier molecular flexibility index (Phi) is 5.04. The summed E-state index contributed by atoms with van der Waals surface area (Å²) in [6, 6.07) is 8.90. The predicted molar refractivity (Wildman–Crippen MR) is 96.6 cm³/mol. The highest BCUT2D eigenvalue weighted by atomic mass is 32.1. The second-order valence-electron chi connectivity index (χ2n) is 5.81. The van der Waals surface area contributed by atoms with Crippen molar-refractivity contribution in [2.45, 2.75) is 13.5 Å². The number of thiophene rings is 1. The lowest BCUT2D eigenvalue weighted by atomic mass is 10.0. The molecule has 0 amide bonds. The molecule has 1 aromatic heterocycles.